The molecule has 2 aromatic carbocycles. The van der Waals surface area contributed by atoms with Gasteiger partial charge in [0.05, 0.1) is 13.5 Å². The first kappa shape index (κ1) is 15.9. The first-order valence-corrected chi connectivity index (χ1v) is 8.39. The second-order valence-electron chi connectivity index (χ2n) is 5.63. The van der Waals surface area contributed by atoms with Crippen molar-refractivity contribution in [3.05, 3.63) is 52.0 Å². The Labute approximate surface area is 144 Å². The minimum Gasteiger partial charge on any atom is -0.496 e. The van der Waals surface area contributed by atoms with E-state index >= 15 is 0 Å². The van der Waals surface area contributed by atoms with Crippen LogP contribution in [-0.4, -0.2) is 19.6 Å². The monoisotopic (exact) mass is 374 g/mol. The topological polar surface area (TPSA) is 55.6 Å². The van der Waals surface area contributed by atoms with Crippen molar-refractivity contribution in [3.8, 4) is 5.75 Å². The van der Waals surface area contributed by atoms with Gasteiger partial charge in [0, 0.05) is 28.0 Å². The summed E-state index contributed by atoms with van der Waals surface area (Å²) in [4.78, 5) is 14.7. The molecule has 23 heavy (non-hydrogen) atoms. The lowest BCUT2D eigenvalue weighted by Crippen LogP contribution is -2.36. The van der Waals surface area contributed by atoms with Gasteiger partial charge in [-0.15, -0.1) is 0 Å². The van der Waals surface area contributed by atoms with E-state index in [1.807, 2.05) is 41.3 Å². The highest BCUT2D eigenvalue weighted by Gasteiger charge is 2.24. The maximum absolute atomic E-state index is 12.8. The summed E-state index contributed by atoms with van der Waals surface area (Å²) in [6.07, 6.45) is 2.16. The summed E-state index contributed by atoms with van der Waals surface area (Å²) in [5.41, 5.74) is 9.72. The molecule has 0 saturated carbocycles. The Bertz CT molecular complexity index is 746. The number of hydrogen-bond donors (Lipinski definition) is 1. The maximum Gasteiger partial charge on any atom is 0.231 e. The van der Waals surface area contributed by atoms with Gasteiger partial charge >= 0.3 is 0 Å². The number of nitrogens with two attached hydrogens (primary N) is 1. The fraction of sp³-hybridized carbons (Fsp3) is 0.278. The van der Waals surface area contributed by atoms with Gasteiger partial charge < -0.3 is 15.4 Å². The van der Waals surface area contributed by atoms with Crippen LogP contribution in [0.1, 0.15) is 17.5 Å². The number of nitrogens with zero attached hydrogens (tertiary/aromatic N) is 1. The van der Waals surface area contributed by atoms with Crippen LogP contribution in [0.15, 0.2) is 40.9 Å². The van der Waals surface area contributed by atoms with E-state index in [-0.39, 0.29) is 5.91 Å². The Morgan fingerprint density at radius 3 is 2.96 bits per heavy atom. The molecule has 3 rings (SSSR count). The molecule has 0 saturated heterocycles. The zero-order chi connectivity index (χ0) is 16.4. The number of benzene rings is 2. The van der Waals surface area contributed by atoms with Crippen molar-refractivity contribution in [2.24, 2.45) is 0 Å². The van der Waals surface area contributed by atoms with Gasteiger partial charge in [-0.3, -0.25) is 4.79 Å². The standard InChI is InChI=1S/C18H19BrN2O2/c1-23-17-8-7-13(19)10-12(17)11-18(22)21-9-3-4-14-15(20)5-2-6-16(14)21/h2,5-8,10H,3-4,9,11,20H2,1H3. The molecule has 5 heteroatoms. The lowest BCUT2D eigenvalue weighted by Gasteiger charge is -2.30. The predicted octanol–water partition coefficient (Wildman–Crippen LogP) is 3.56. The molecule has 0 radical (unpaired) electrons. The van der Waals surface area contributed by atoms with Gasteiger partial charge in [-0.1, -0.05) is 22.0 Å². The van der Waals surface area contributed by atoms with E-state index in [1.165, 1.54) is 0 Å². The van der Waals surface area contributed by atoms with Crippen LogP contribution in [-0.2, 0) is 17.6 Å². The van der Waals surface area contributed by atoms with Crippen molar-refractivity contribution in [2.45, 2.75) is 19.3 Å². The van der Waals surface area contributed by atoms with Crippen LogP contribution in [0.25, 0.3) is 0 Å². The minimum atomic E-state index is 0.0629. The Hall–Kier alpha value is -2.01. The molecule has 4 nitrogen and oxygen atoms in total. The average molecular weight is 375 g/mol. The van der Waals surface area contributed by atoms with Gasteiger partial charge in [0.1, 0.15) is 5.75 Å². The zero-order valence-electron chi connectivity index (χ0n) is 13.0. The number of rotatable bonds is 3. The SMILES string of the molecule is COc1ccc(Br)cc1CC(=O)N1CCCc2c(N)cccc21. The highest BCUT2D eigenvalue weighted by Crippen LogP contribution is 2.32. The van der Waals surface area contributed by atoms with Crippen molar-refractivity contribution in [1.82, 2.24) is 0 Å². The number of ether oxygens (including phenoxy) is 1. The van der Waals surface area contributed by atoms with Crippen LogP contribution in [0.4, 0.5) is 11.4 Å². The fourth-order valence-electron chi connectivity index (χ4n) is 3.05. The quantitative estimate of drug-likeness (QED) is 0.835. The Kier molecular flexibility index (Phi) is 4.57. The van der Waals surface area contributed by atoms with Gasteiger partial charge in [-0.25, -0.2) is 0 Å². The normalized spacial score (nSPS) is 13.6. The van der Waals surface area contributed by atoms with Crippen molar-refractivity contribution in [2.75, 3.05) is 24.3 Å². The Morgan fingerprint density at radius 2 is 2.17 bits per heavy atom. The van der Waals surface area contributed by atoms with Crippen LogP contribution in [0.3, 0.4) is 0 Å². The number of methoxy groups -OCH3 is 1. The van der Waals surface area contributed by atoms with E-state index in [4.69, 9.17) is 10.5 Å². The van der Waals surface area contributed by atoms with Gasteiger partial charge in [-0.2, -0.15) is 0 Å². The summed E-state index contributed by atoms with van der Waals surface area (Å²) in [6.45, 7) is 0.728. The van der Waals surface area contributed by atoms with E-state index in [0.29, 0.717) is 6.42 Å². The largest absolute Gasteiger partial charge is 0.496 e. The number of carbonyl (C=O) groups is 1. The Balaban J connectivity index is 1.89. The second kappa shape index (κ2) is 6.62. The summed E-state index contributed by atoms with van der Waals surface area (Å²) in [5, 5.41) is 0. The molecule has 0 unspecified atom stereocenters. The third-order valence-corrected chi connectivity index (χ3v) is 4.67. The molecule has 0 atom stereocenters. The van der Waals surface area contributed by atoms with Crippen molar-refractivity contribution >= 4 is 33.2 Å². The molecular weight excluding hydrogens is 356 g/mol. The van der Waals surface area contributed by atoms with Crippen LogP contribution < -0.4 is 15.4 Å². The van der Waals surface area contributed by atoms with Gasteiger partial charge in [-0.05, 0) is 48.7 Å². The summed E-state index contributed by atoms with van der Waals surface area (Å²) in [6, 6.07) is 11.5. The van der Waals surface area contributed by atoms with Gasteiger partial charge in [0.15, 0.2) is 0 Å². The number of carbonyl (C=O) groups excluding carboxylic acids is 1. The first-order valence-electron chi connectivity index (χ1n) is 7.60. The molecule has 2 aromatic rings. The molecule has 0 aliphatic carbocycles. The molecular formula is C18H19BrN2O2. The number of amides is 1. The van der Waals surface area contributed by atoms with Crippen molar-refractivity contribution in [1.29, 1.82) is 0 Å². The molecule has 1 aliphatic rings. The molecule has 0 fully saturated rings. The number of hydrogen-bond acceptors (Lipinski definition) is 3. The second-order valence-corrected chi connectivity index (χ2v) is 6.54. The lowest BCUT2D eigenvalue weighted by molar-refractivity contribution is -0.118. The lowest BCUT2D eigenvalue weighted by atomic mass is 9.99. The van der Waals surface area contributed by atoms with Crippen LogP contribution in [0.2, 0.25) is 0 Å². The fourth-order valence-corrected chi connectivity index (χ4v) is 3.46. The van der Waals surface area contributed by atoms with E-state index in [0.717, 1.165) is 52.1 Å². The highest BCUT2D eigenvalue weighted by molar-refractivity contribution is 9.10. The molecule has 1 aliphatic heterocycles. The summed E-state index contributed by atoms with van der Waals surface area (Å²) in [7, 11) is 1.62. The summed E-state index contributed by atoms with van der Waals surface area (Å²) < 4.78 is 6.30. The van der Waals surface area contributed by atoms with Gasteiger partial charge in [0.2, 0.25) is 5.91 Å². The summed E-state index contributed by atoms with van der Waals surface area (Å²) >= 11 is 3.45. The molecule has 0 spiro atoms. The van der Waals surface area contributed by atoms with Crippen molar-refractivity contribution < 1.29 is 9.53 Å². The molecule has 0 bridgehead atoms. The molecule has 1 heterocycles. The zero-order valence-corrected chi connectivity index (χ0v) is 14.6. The molecule has 2 N–H and O–H groups in total. The van der Waals surface area contributed by atoms with Crippen LogP contribution in [0.5, 0.6) is 5.75 Å². The van der Waals surface area contributed by atoms with E-state index in [2.05, 4.69) is 15.9 Å². The van der Waals surface area contributed by atoms with E-state index < -0.39 is 0 Å². The molecule has 120 valence electrons. The number of nitrogen functional groups attached to an aromatic ring is 1. The smallest absolute Gasteiger partial charge is 0.231 e. The average Bonchev–Trinajstić information content (AvgIpc) is 2.55. The minimum absolute atomic E-state index is 0.0629. The third-order valence-electron chi connectivity index (χ3n) is 4.17. The van der Waals surface area contributed by atoms with Crippen LogP contribution >= 0.6 is 15.9 Å². The van der Waals surface area contributed by atoms with E-state index in [9.17, 15) is 4.79 Å². The first-order chi connectivity index (χ1) is 11.1. The predicted molar refractivity (Wildman–Crippen MR) is 95.9 cm³/mol. The number of fused-ring (bicyclic) bond motifs is 1. The van der Waals surface area contributed by atoms with Gasteiger partial charge in [0.25, 0.3) is 0 Å². The molecule has 1 amide bonds. The van der Waals surface area contributed by atoms with Crippen molar-refractivity contribution in [3.63, 3.8) is 0 Å². The number of anilines is 2. The number of halogens is 1. The third kappa shape index (κ3) is 3.20. The highest BCUT2D eigenvalue weighted by atomic mass is 79.9. The maximum atomic E-state index is 12.8. The van der Waals surface area contributed by atoms with E-state index in [1.54, 1.807) is 7.11 Å². The Morgan fingerprint density at radius 1 is 1.35 bits per heavy atom. The summed E-state index contributed by atoms with van der Waals surface area (Å²) in [5.74, 6) is 0.791. The molecule has 0 aromatic heterocycles. The van der Waals surface area contributed by atoms with Crippen LogP contribution in [0, 0.1) is 0 Å².